The Bertz CT molecular complexity index is 2170. The molecule has 0 saturated carbocycles. The third-order valence-corrected chi connectivity index (χ3v) is 9.42. The maximum Gasteiger partial charge on any atom is 0.327 e. The summed E-state index contributed by atoms with van der Waals surface area (Å²) in [5.74, 6) is 0.389. The number of fused-ring (bicyclic) bond motifs is 2. The average molecular weight is 637 g/mol. The van der Waals surface area contributed by atoms with Crippen molar-refractivity contribution in [3.05, 3.63) is 156 Å². The minimum Gasteiger partial charge on any atom is -0.480 e. The number of para-hydroxylation sites is 1. The topological polar surface area (TPSA) is 95.3 Å². The van der Waals surface area contributed by atoms with Crippen molar-refractivity contribution < 1.29 is 19.1 Å². The molecule has 7 heteroatoms. The van der Waals surface area contributed by atoms with Gasteiger partial charge in [0.2, 0.25) is 0 Å². The number of aromatic nitrogens is 1. The van der Waals surface area contributed by atoms with Crippen LogP contribution in [-0.2, 0) is 17.0 Å². The summed E-state index contributed by atoms with van der Waals surface area (Å²) in [5.41, 5.74) is 8.98. The summed E-state index contributed by atoms with van der Waals surface area (Å²) < 4.78 is 6.34. The second-order valence-corrected chi connectivity index (χ2v) is 12.5. The zero-order chi connectivity index (χ0) is 32.2. The molecular formula is C40H32N2O4S. The van der Waals surface area contributed by atoms with Gasteiger partial charge in [0.05, 0.1) is 0 Å². The van der Waals surface area contributed by atoms with Crippen LogP contribution in [0.3, 0.4) is 0 Å². The highest BCUT2D eigenvalue weighted by Crippen LogP contribution is 2.37. The van der Waals surface area contributed by atoms with E-state index in [1.54, 1.807) is 18.3 Å². The molecule has 1 amide bonds. The van der Waals surface area contributed by atoms with Gasteiger partial charge in [-0.15, -0.1) is 0 Å². The maximum atomic E-state index is 12.8. The van der Waals surface area contributed by atoms with E-state index in [-0.39, 0.29) is 5.75 Å². The number of aromatic amines is 1. The van der Waals surface area contributed by atoms with Crippen LogP contribution < -0.4 is 5.32 Å². The number of furan rings is 1. The summed E-state index contributed by atoms with van der Waals surface area (Å²) >= 11 is 1.48. The van der Waals surface area contributed by atoms with Crippen molar-refractivity contribution in [1.29, 1.82) is 0 Å². The van der Waals surface area contributed by atoms with E-state index in [4.69, 9.17) is 4.42 Å². The number of aliphatic carboxylic acids is 1. The van der Waals surface area contributed by atoms with Gasteiger partial charge in [-0.3, -0.25) is 4.79 Å². The molecule has 47 heavy (non-hydrogen) atoms. The number of H-pyrrole nitrogens is 1. The summed E-state index contributed by atoms with van der Waals surface area (Å²) in [6.07, 6.45) is 2.52. The maximum absolute atomic E-state index is 12.8. The Morgan fingerprint density at radius 2 is 1.47 bits per heavy atom. The number of carbonyl (C=O) groups excluding carboxylic acids is 1. The molecule has 0 radical (unpaired) electrons. The molecule has 0 aliphatic carbocycles. The fourth-order valence-electron chi connectivity index (χ4n) is 5.85. The van der Waals surface area contributed by atoms with Crippen LogP contribution in [0.4, 0.5) is 0 Å². The van der Waals surface area contributed by atoms with Gasteiger partial charge in [-0.25, -0.2) is 4.79 Å². The van der Waals surface area contributed by atoms with Gasteiger partial charge >= 0.3 is 5.97 Å². The predicted octanol–water partition coefficient (Wildman–Crippen LogP) is 8.96. The summed E-state index contributed by atoms with van der Waals surface area (Å²) in [6.45, 7) is 0. The van der Waals surface area contributed by atoms with Crippen LogP contribution in [0.5, 0.6) is 0 Å². The first-order valence-electron chi connectivity index (χ1n) is 15.4. The highest BCUT2D eigenvalue weighted by molar-refractivity contribution is 7.98. The zero-order valence-corrected chi connectivity index (χ0v) is 26.3. The molecule has 6 nitrogen and oxygen atoms in total. The van der Waals surface area contributed by atoms with E-state index in [1.165, 1.54) is 17.3 Å². The van der Waals surface area contributed by atoms with Crippen molar-refractivity contribution in [3.63, 3.8) is 0 Å². The predicted molar refractivity (Wildman–Crippen MR) is 190 cm³/mol. The highest BCUT2D eigenvalue weighted by Gasteiger charge is 2.21. The fraction of sp³-hybridized carbons (Fsp3) is 0.100. The monoisotopic (exact) mass is 636 g/mol. The lowest BCUT2D eigenvalue weighted by Crippen LogP contribution is -2.42. The van der Waals surface area contributed by atoms with E-state index in [9.17, 15) is 14.7 Å². The minimum atomic E-state index is -1.05. The van der Waals surface area contributed by atoms with Crippen LogP contribution in [0.25, 0.3) is 44.1 Å². The lowest BCUT2D eigenvalue weighted by Gasteiger charge is -2.14. The molecule has 0 saturated heterocycles. The van der Waals surface area contributed by atoms with Crippen molar-refractivity contribution in [2.24, 2.45) is 0 Å². The average Bonchev–Trinajstić information content (AvgIpc) is 3.72. The molecule has 0 aliphatic heterocycles. The van der Waals surface area contributed by atoms with Crippen molar-refractivity contribution in [3.8, 4) is 22.3 Å². The van der Waals surface area contributed by atoms with Crippen LogP contribution in [-0.4, -0.2) is 33.8 Å². The number of rotatable bonds is 11. The Labute approximate surface area is 276 Å². The molecule has 0 spiro atoms. The summed E-state index contributed by atoms with van der Waals surface area (Å²) in [5, 5.41) is 14.4. The Morgan fingerprint density at radius 1 is 0.766 bits per heavy atom. The zero-order valence-electron chi connectivity index (χ0n) is 25.5. The van der Waals surface area contributed by atoms with Gasteiger partial charge in [0.25, 0.3) is 5.91 Å². The SMILES string of the molecule is O=C(N[C@@H](CSCc1ccc(-c2ccc(-c3c(Cc4ccccc4)oc4ccccc34)cc2)cc1)C(=O)O)c1ccc2[nH]ccc2c1. The quantitative estimate of drug-likeness (QED) is 0.132. The van der Waals surface area contributed by atoms with E-state index < -0.39 is 17.9 Å². The summed E-state index contributed by atoms with van der Waals surface area (Å²) in [6, 6.07) is 41.6. The molecule has 3 N–H and O–H groups in total. The third kappa shape index (κ3) is 6.71. The van der Waals surface area contributed by atoms with Crippen LogP contribution in [0.15, 0.2) is 138 Å². The van der Waals surface area contributed by atoms with Crippen LogP contribution in [0.2, 0.25) is 0 Å². The number of benzene rings is 5. The normalized spacial score (nSPS) is 11.9. The summed E-state index contributed by atoms with van der Waals surface area (Å²) in [4.78, 5) is 27.8. The van der Waals surface area contributed by atoms with Gasteiger partial charge in [-0.05, 0) is 58.1 Å². The highest BCUT2D eigenvalue weighted by atomic mass is 32.2. The molecule has 7 aromatic rings. The molecule has 7 rings (SSSR count). The molecule has 0 aliphatic rings. The smallest absolute Gasteiger partial charge is 0.327 e. The van der Waals surface area contributed by atoms with Crippen LogP contribution in [0.1, 0.15) is 27.2 Å². The largest absolute Gasteiger partial charge is 0.480 e. The van der Waals surface area contributed by atoms with Gasteiger partial charge in [-0.1, -0.05) is 97.1 Å². The van der Waals surface area contributed by atoms with Crippen molar-refractivity contribution >= 4 is 45.5 Å². The van der Waals surface area contributed by atoms with Crippen LogP contribution in [0, 0.1) is 0 Å². The molecule has 2 aromatic heterocycles. The van der Waals surface area contributed by atoms with E-state index >= 15 is 0 Å². The first kappa shape index (κ1) is 30.1. The number of hydrogen-bond donors (Lipinski definition) is 3. The van der Waals surface area contributed by atoms with E-state index in [0.29, 0.717) is 11.3 Å². The number of thioether (sulfide) groups is 1. The second kappa shape index (κ2) is 13.4. The van der Waals surface area contributed by atoms with Gasteiger partial charge < -0.3 is 19.8 Å². The Balaban J connectivity index is 0.996. The van der Waals surface area contributed by atoms with Crippen molar-refractivity contribution in [2.45, 2.75) is 18.2 Å². The number of hydrogen-bond acceptors (Lipinski definition) is 4. The van der Waals surface area contributed by atoms with Gasteiger partial charge in [-0.2, -0.15) is 11.8 Å². The van der Waals surface area contributed by atoms with Gasteiger partial charge in [0, 0.05) is 51.5 Å². The third-order valence-electron chi connectivity index (χ3n) is 8.31. The van der Waals surface area contributed by atoms with Crippen molar-refractivity contribution in [2.75, 3.05) is 5.75 Å². The molecule has 2 heterocycles. The number of carboxylic acid groups (broad SMARTS) is 1. The molecule has 1 atom stereocenters. The number of amides is 1. The minimum absolute atomic E-state index is 0.256. The van der Waals surface area contributed by atoms with E-state index in [2.05, 4.69) is 89.2 Å². The molecule has 0 unspecified atom stereocenters. The number of carboxylic acids is 1. The Kier molecular flexibility index (Phi) is 8.62. The van der Waals surface area contributed by atoms with Crippen molar-refractivity contribution in [1.82, 2.24) is 10.3 Å². The summed E-state index contributed by atoms with van der Waals surface area (Å²) in [7, 11) is 0. The standard InChI is InChI=1S/C40H32N2O4S/c43-39(32-18-19-34-31(23-32)20-21-41-34)42-35(40(44)45)25-47-24-27-10-12-28(13-11-27)29-14-16-30(17-15-29)38-33-8-4-5-9-36(33)46-37(38)22-26-6-2-1-3-7-26/h1-21,23,35,41H,22,24-25H2,(H,42,43)(H,44,45)/t35-/m0/s1. The first-order chi connectivity index (χ1) is 23.0. The molecule has 5 aromatic carbocycles. The first-order valence-corrected chi connectivity index (χ1v) is 16.6. The van der Waals surface area contributed by atoms with E-state index in [1.807, 2.05) is 36.4 Å². The van der Waals surface area contributed by atoms with Gasteiger partial charge in [0.1, 0.15) is 17.4 Å². The van der Waals surface area contributed by atoms with Gasteiger partial charge in [0.15, 0.2) is 0 Å². The molecule has 232 valence electrons. The lowest BCUT2D eigenvalue weighted by molar-refractivity contribution is -0.138. The molecule has 0 bridgehead atoms. The second-order valence-electron chi connectivity index (χ2n) is 11.5. The Hall–Kier alpha value is -5.53. The molecule has 0 fully saturated rings. The number of nitrogens with one attached hydrogen (secondary N) is 2. The Morgan fingerprint density at radius 3 is 2.23 bits per heavy atom. The number of carbonyl (C=O) groups is 2. The molecular weight excluding hydrogens is 605 g/mol. The van der Waals surface area contributed by atoms with E-state index in [0.717, 1.165) is 61.9 Å². The lowest BCUT2D eigenvalue weighted by atomic mass is 9.96. The fourth-order valence-corrected chi connectivity index (χ4v) is 6.85. The van der Waals surface area contributed by atoms with Crippen LogP contribution >= 0.6 is 11.8 Å².